The maximum absolute atomic E-state index is 12.0. The van der Waals surface area contributed by atoms with Crippen molar-refractivity contribution in [2.45, 2.75) is 71.6 Å². The highest BCUT2D eigenvalue weighted by Crippen LogP contribution is 2.18. The molecule has 0 aliphatic carbocycles. The lowest BCUT2D eigenvalue weighted by atomic mass is 10.0. The third-order valence-corrected chi connectivity index (χ3v) is 6.00. The largest absolute Gasteiger partial charge is 0.357 e. The van der Waals surface area contributed by atoms with Crippen LogP contribution in [0.15, 0.2) is 29.3 Å². The number of amides is 1. The summed E-state index contributed by atoms with van der Waals surface area (Å²) >= 11 is 0. The average molecular weight is 527 g/mol. The van der Waals surface area contributed by atoms with Gasteiger partial charge in [0.2, 0.25) is 5.91 Å². The summed E-state index contributed by atoms with van der Waals surface area (Å²) in [6.45, 7) is 12.0. The molecule has 1 aromatic rings. The molecule has 2 fully saturated rings. The first-order valence-electron chi connectivity index (χ1n) is 11.2. The van der Waals surface area contributed by atoms with E-state index in [4.69, 9.17) is 4.99 Å². The molecule has 0 atom stereocenters. The van der Waals surface area contributed by atoms with Crippen LogP contribution in [-0.4, -0.2) is 59.9 Å². The lowest BCUT2D eigenvalue weighted by Gasteiger charge is -2.35. The molecule has 0 spiro atoms. The molecular formula is C23H38IN5O. The number of nitrogens with one attached hydrogen (secondary N) is 2. The van der Waals surface area contributed by atoms with Crippen molar-refractivity contribution in [1.29, 1.82) is 0 Å². The number of piperidine rings is 1. The fraction of sp³-hybridized carbons (Fsp3) is 0.652. The molecule has 2 heterocycles. The third kappa shape index (κ3) is 7.11. The smallest absolute Gasteiger partial charge is 0.222 e. The molecule has 0 aromatic heterocycles. The van der Waals surface area contributed by atoms with Gasteiger partial charge in [0.05, 0.1) is 6.54 Å². The molecule has 0 saturated carbocycles. The van der Waals surface area contributed by atoms with Crippen LogP contribution >= 0.6 is 24.0 Å². The number of likely N-dealkylation sites (tertiary alicyclic amines) is 2. The number of hydrogen-bond donors (Lipinski definition) is 2. The number of guanidine groups is 1. The molecule has 3 rings (SSSR count). The first kappa shape index (κ1) is 24.9. The number of nitrogens with zero attached hydrogens (tertiary/aromatic N) is 3. The molecule has 6 nitrogen and oxygen atoms in total. The number of rotatable bonds is 7. The van der Waals surface area contributed by atoms with Gasteiger partial charge in [0.1, 0.15) is 0 Å². The molecule has 2 aliphatic heterocycles. The van der Waals surface area contributed by atoms with Gasteiger partial charge in [-0.1, -0.05) is 24.3 Å². The Bertz CT molecular complexity index is 701. The van der Waals surface area contributed by atoms with Crippen molar-refractivity contribution in [2.75, 3.05) is 26.2 Å². The average Bonchev–Trinajstić information content (AvgIpc) is 3.12. The quantitative estimate of drug-likeness (QED) is 0.325. The number of halogens is 1. The van der Waals surface area contributed by atoms with E-state index in [9.17, 15) is 4.79 Å². The minimum atomic E-state index is 0. The summed E-state index contributed by atoms with van der Waals surface area (Å²) in [5.41, 5.74) is 2.40. The topological polar surface area (TPSA) is 60.0 Å². The molecule has 2 saturated heterocycles. The van der Waals surface area contributed by atoms with Gasteiger partial charge < -0.3 is 20.4 Å². The minimum absolute atomic E-state index is 0. The zero-order valence-electron chi connectivity index (χ0n) is 18.7. The molecule has 168 valence electrons. The predicted octanol–water partition coefficient (Wildman–Crippen LogP) is 3.35. The summed E-state index contributed by atoms with van der Waals surface area (Å²) in [5.74, 6) is 1.16. The van der Waals surface area contributed by atoms with Gasteiger partial charge in [0.15, 0.2) is 5.96 Å². The van der Waals surface area contributed by atoms with Crippen molar-refractivity contribution in [1.82, 2.24) is 20.4 Å². The van der Waals surface area contributed by atoms with Crippen molar-refractivity contribution in [2.24, 2.45) is 4.99 Å². The van der Waals surface area contributed by atoms with E-state index < -0.39 is 0 Å². The Hall–Kier alpha value is -1.35. The summed E-state index contributed by atoms with van der Waals surface area (Å²) < 4.78 is 0. The van der Waals surface area contributed by atoms with Crippen LogP contribution in [0.2, 0.25) is 0 Å². The van der Waals surface area contributed by atoms with E-state index in [0.29, 0.717) is 31.6 Å². The van der Waals surface area contributed by atoms with E-state index in [1.807, 2.05) is 4.90 Å². The highest BCUT2D eigenvalue weighted by molar-refractivity contribution is 14.0. The Morgan fingerprint density at radius 1 is 1.17 bits per heavy atom. The predicted molar refractivity (Wildman–Crippen MR) is 134 cm³/mol. The van der Waals surface area contributed by atoms with Crippen LogP contribution in [0.5, 0.6) is 0 Å². The zero-order valence-corrected chi connectivity index (χ0v) is 21.0. The normalized spacial score (nSPS) is 18.6. The Kier molecular flexibility index (Phi) is 10.4. The number of carbonyl (C=O) groups excluding carboxylic acids is 1. The van der Waals surface area contributed by atoms with Gasteiger partial charge in [0.25, 0.3) is 0 Å². The maximum atomic E-state index is 12.0. The molecule has 7 heteroatoms. The monoisotopic (exact) mass is 527 g/mol. The maximum Gasteiger partial charge on any atom is 0.222 e. The van der Waals surface area contributed by atoms with E-state index in [2.05, 4.69) is 60.6 Å². The molecule has 1 aromatic carbocycles. The van der Waals surface area contributed by atoms with Crippen molar-refractivity contribution in [3.8, 4) is 0 Å². The molecule has 1 amide bonds. The van der Waals surface area contributed by atoms with E-state index >= 15 is 0 Å². The Balaban J connectivity index is 0.00000320. The van der Waals surface area contributed by atoms with Crippen molar-refractivity contribution >= 4 is 35.8 Å². The molecule has 0 unspecified atom stereocenters. The first-order valence-corrected chi connectivity index (χ1v) is 11.2. The van der Waals surface area contributed by atoms with E-state index in [1.165, 1.54) is 11.1 Å². The second-order valence-electron chi connectivity index (χ2n) is 8.43. The summed E-state index contributed by atoms with van der Waals surface area (Å²) in [7, 11) is 0. The number of aliphatic imine (C=N–C) groups is 1. The second-order valence-corrected chi connectivity index (χ2v) is 8.43. The van der Waals surface area contributed by atoms with Gasteiger partial charge in [-0.15, -0.1) is 24.0 Å². The van der Waals surface area contributed by atoms with Crippen LogP contribution in [0.3, 0.4) is 0 Å². The molecule has 0 radical (unpaired) electrons. The Morgan fingerprint density at radius 3 is 2.47 bits per heavy atom. The number of carbonyl (C=O) groups is 1. The highest BCUT2D eigenvalue weighted by Gasteiger charge is 2.22. The van der Waals surface area contributed by atoms with E-state index in [0.717, 1.165) is 51.4 Å². The molecular weight excluding hydrogens is 489 g/mol. The minimum Gasteiger partial charge on any atom is -0.357 e. The van der Waals surface area contributed by atoms with Crippen LogP contribution in [0.1, 0.15) is 57.6 Å². The fourth-order valence-corrected chi connectivity index (χ4v) is 4.18. The first-order chi connectivity index (χ1) is 14.1. The van der Waals surface area contributed by atoms with Gasteiger partial charge in [-0.2, -0.15) is 0 Å². The summed E-state index contributed by atoms with van der Waals surface area (Å²) in [6.07, 6.45) is 3.96. The van der Waals surface area contributed by atoms with Gasteiger partial charge in [-0.25, -0.2) is 4.99 Å². The van der Waals surface area contributed by atoms with E-state index in [1.54, 1.807) is 0 Å². The van der Waals surface area contributed by atoms with Gasteiger partial charge in [-0.3, -0.25) is 4.79 Å². The van der Waals surface area contributed by atoms with Crippen LogP contribution in [0.4, 0.5) is 0 Å². The van der Waals surface area contributed by atoms with Crippen LogP contribution < -0.4 is 10.6 Å². The van der Waals surface area contributed by atoms with Crippen LogP contribution in [0, 0.1) is 0 Å². The molecule has 0 bridgehead atoms. The third-order valence-electron chi connectivity index (χ3n) is 6.00. The summed E-state index contributed by atoms with van der Waals surface area (Å²) in [5, 5.41) is 7.03. The van der Waals surface area contributed by atoms with E-state index in [-0.39, 0.29) is 29.9 Å². The SMILES string of the molecule is CCNC(=NCc1ccccc1CN1CCCC1=O)NC1CCN(C(C)C)CC1.I. The molecule has 2 N–H and O–H groups in total. The Labute approximate surface area is 198 Å². The fourth-order valence-electron chi connectivity index (χ4n) is 4.18. The van der Waals surface area contributed by atoms with Crippen LogP contribution in [-0.2, 0) is 17.9 Å². The van der Waals surface area contributed by atoms with Gasteiger partial charge in [0, 0.05) is 51.2 Å². The second kappa shape index (κ2) is 12.5. The van der Waals surface area contributed by atoms with Crippen molar-refractivity contribution in [3.05, 3.63) is 35.4 Å². The van der Waals surface area contributed by atoms with Crippen molar-refractivity contribution in [3.63, 3.8) is 0 Å². The lowest BCUT2D eigenvalue weighted by Crippen LogP contribution is -2.49. The zero-order chi connectivity index (χ0) is 20.6. The van der Waals surface area contributed by atoms with Crippen molar-refractivity contribution < 1.29 is 4.79 Å². The van der Waals surface area contributed by atoms with Crippen LogP contribution in [0.25, 0.3) is 0 Å². The molecule has 2 aliphatic rings. The summed E-state index contributed by atoms with van der Waals surface area (Å²) in [6, 6.07) is 9.46. The number of benzene rings is 1. The summed E-state index contributed by atoms with van der Waals surface area (Å²) in [4.78, 5) is 21.4. The Morgan fingerprint density at radius 2 is 1.87 bits per heavy atom. The molecule has 30 heavy (non-hydrogen) atoms. The standard InChI is InChI=1S/C23H37N5O.HI/c1-4-24-23(26-21-11-14-27(15-12-21)18(2)3)25-16-19-8-5-6-9-20(19)17-28-13-7-10-22(28)29;/h5-6,8-9,18,21H,4,7,10-17H2,1-3H3,(H2,24,25,26);1H. The lowest BCUT2D eigenvalue weighted by molar-refractivity contribution is -0.128. The number of hydrogen-bond acceptors (Lipinski definition) is 3. The van der Waals surface area contributed by atoms with Gasteiger partial charge in [-0.05, 0) is 51.2 Å². The van der Waals surface area contributed by atoms with Gasteiger partial charge >= 0.3 is 0 Å². The highest BCUT2D eigenvalue weighted by atomic mass is 127.